The van der Waals surface area contributed by atoms with Crippen LogP contribution in [0.4, 0.5) is 5.69 Å². The van der Waals surface area contributed by atoms with Gasteiger partial charge in [-0.3, -0.25) is 9.59 Å². The van der Waals surface area contributed by atoms with Gasteiger partial charge in [-0.2, -0.15) is 0 Å². The van der Waals surface area contributed by atoms with E-state index in [2.05, 4.69) is 5.32 Å². The third-order valence-corrected chi connectivity index (χ3v) is 4.25. The molecule has 2 N–H and O–H groups in total. The largest absolute Gasteiger partial charge is 0.393 e. The van der Waals surface area contributed by atoms with E-state index in [1.807, 2.05) is 6.92 Å². The Morgan fingerprint density at radius 1 is 1.39 bits per heavy atom. The van der Waals surface area contributed by atoms with Crippen LogP contribution in [0.2, 0.25) is 5.02 Å². The molecule has 6 heteroatoms. The van der Waals surface area contributed by atoms with E-state index in [0.717, 1.165) is 5.69 Å². The lowest BCUT2D eigenvalue weighted by molar-refractivity contribution is -0.126. The van der Waals surface area contributed by atoms with Crippen molar-refractivity contribution in [2.45, 2.75) is 32.8 Å². The van der Waals surface area contributed by atoms with Gasteiger partial charge in [0.25, 0.3) is 0 Å². The zero-order valence-corrected chi connectivity index (χ0v) is 14.2. The number of rotatable bonds is 6. The van der Waals surface area contributed by atoms with E-state index in [9.17, 15) is 14.7 Å². The second kappa shape index (κ2) is 7.79. The van der Waals surface area contributed by atoms with Crippen molar-refractivity contribution in [3.05, 3.63) is 29.3 Å². The normalized spacial score (nSPS) is 20.4. The van der Waals surface area contributed by atoms with Crippen molar-refractivity contribution in [3.8, 4) is 0 Å². The van der Waals surface area contributed by atoms with E-state index in [1.165, 1.54) is 0 Å². The van der Waals surface area contributed by atoms with Crippen molar-refractivity contribution in [3.63, 3.8) is 0 Å². The lowest BCUT2D eigenvalue weighted by Gasteiger charge is -2.18. The first kappa shape index (κ1) is 17.8. The fraction of sp³-hybridized carbons (Fsp3) is 0.529. The molecular formula is C17H23ClN2O3. The smallest absolute Gasteiger partial charge is 0.227 e. The van der Waals surface area contributed by atoms with Crippen LogP contribution in [-0.4, -0.2) is 36.1 Å². The summed E-state index contributed by atoms with van der Waals surface area (Å²) < 4.78 is 0. The SMILES string of the molecule is CC(O)CC(C)CNC(=O)C1CC(=O)N(c2ccc(Cl)cc2)C1. The molecule has 5 nitrogen and oxygen atoms in total. The molecule has 0 spiro atoms. The van der Waals surface area contributed by atoms with Gasteiger partial charge in [0.15, 0.2) is 0 Å². The van der Waals surface area contributed by atoms with Crippen molar-refractivity contribution in [2.24, 2.45) is 11.8 Å². The number of carbonyl (C=O) groups is 2. The lowest BCUT2D eigenvalue weighted by Crippen LogP contribution is -2.35. The molecule has 2 amide bonds. The van der Waals surface area contributed by atoms with Gasteiger partial charge in [0.2, 0.25) is 11.8 Å². The zero-order chi connectivity index (χ0) is 17.0. The Balaban J connectivity index is 1.89. The van der Waals surface area contributed by atoms with Crippen molar-refractivity contribution in [1.29, 1.82) is 0 Å². The maximum atomic E-state index is 12.2. The van der Waals surface area contributed by atoms with Gasteiger partial charge >= 0.3 is 0 Å². The number of nitrogens with zero attached hydrogens (tertiary/aromatic N) is 1. The molecule has 0 radical (unpaired) electrons. The predicted octanol–water partition coefficient (Wildman–Crippen LogP) is 2.22. The summed E-state index contributed by atoms with van der Waals surface area (Å²) >= 11 is 5.86. The Morgan fingerprint density at radius 2 is 2.04 bits per heavy atom. The highest BCUT2D eigenvalue weighted by molar-refractivity contribution is 6.30. The molecule has 1 aromatic carbocycles. The number of benzene rings is 1. The average molecular weight is 339 g/mol. The zero-order valence-electron chi connectivity index (χ0n) is 13.5. The van der Waals surface area contributed by atoms with E-state index in [0.29, 0.717) is 24.5 Å². The first-order chi connectivity index (χ1) is 10.9. The van der Waals surface area contributed by atoms with Gasteiger partial charge in [-0.25, -0.2) is 0 Å². The quantitative estimate of drug-likeness (QED) is 0.835. The molecule has 1 aliphatic heterocycles. The minimum atomic E-state index is -0.379. The number of amides is 2. The van der Waals surface area contributed by atoms with Crippen molar-refractivity contribution in [1.82, 2.24) is 5.32 Å². The summed E-state index contributed by atoms with van der Waals surface area (Å²) in [6, 6.07) is 7.03. The van der Waals surface area contributed by atoms with Crippen LogP contribution in [0.25, 0.3) is 0 Å². The molecule has 1 heterocycles. The van der Waals surface area contributed by atoms with Crippen molar-refractivity contribution < 1.29 is 14.7 Å². The first-order valence-electron chi connectivity index (χ1n) is 7.88. The molecule has 1 fully saturated rings. The summed E-state index contributed by atoms with van der Waals surface area (Å²) in [7, 11) is 0. The van der Waals surface area contributed by atoms with Crippen LogP contribution in [0.1, 0.15) is 26.7 Å². The molecule has 0 aromatic heterocycles. The topological polar surface area (TPSA) is 69.6 Å². The highest BCUT2D eigenvalue weighted by atomic mass is 35.5. The highest BCUT2D eigenvalue weighted by Crippen LogP contribution is 2.26. The van der Waals surface area contributed by atoms with Crippen LogP contribution in [0, 0.1) is 11.8 Å². The number of hydrogen-bond acceptors (Lipinski definition) is 3. The molecule has 1 aliphatic rings. The predicted molar refractivity (Wildman–Crippen MR) is 90.4 cm³/mol. The summed E-state index contributed by atoms with van der Waals surface area (Å²) in [5.41, 5.74) is 0.761. The number of anilines is 1. The van der Waals surface area contributed by atoms with Crippen LogP contribution in [0.15, 0.2) is 24.3 Å². The maximum absolute atomic E-state index is 12.2. The highest BCUT2D eigenvalue weighted by Gasteiger charge is 2.35. The third kappa shape index (κ3) is 4.94. The second-order valence-corrected chi connectivity index (χ2v) is 6.75. The van der Waals surface area contributed by atoms with E-state index in [4.69, 9.17) is 11.6 Å². The van der Waals surface area contributed by atoms with Crippen LogP contribution < -0.4 is 10.2 Å². The molecule has 0 bridgehead atoms. The molecule has 1 saturated heterocycles. The summed E-state index contributed by atoms with van der Waals surface area (Å²) in [5, 5.41) is 12.8. The minimum absolute atomic E-state index is 0.0514. The van der Waals surface area contributed by atoms with Gasteiger partial charge in [0.1, 0.15) is 0 Å². The number of carbonyl (C=O) groups excluding carboxylic acids is 2. The maximum Gasteiger partial charge on any atom is 0.227 e. The average Bonchev–Trinajstić information content (AvgIpc) is 2.87. The molecule has 1 aromatic rings. The summed E-state index contributed by atoms with van der Waals surface area (Å²) in [6.07, 6.45) is 0.482. The van der Waals surface area contributed by atoms with Gasteiger partial charge in [-0.1, -0.05) is 18.5 Å². The van der Waals surface area contributed by atoms with E-state index in [-0.39, 0.29) is 36.2 Å². The molecular weight excluding hydrogens is 316 g/mol. The molecule has 2 rings (SSSR count). The second-order valence-electron chi connectivity index (χ2n) is 6.32. The Morgan fingerprint density at radius 3 is 2.65 bits per heavy atom. The molecule has 0 saturated carbocycles. The Hall–Kier alpha value is -1.59. The number of hydrogen-bond donors (Lipinski definition) is 2. The monoisotopic (exact) mass is 338 g/mol. The van der Waals surface area contributed by atoms with Gasteiger partial charge in [-0.15, -0.1) is 0 Å². The fourth-order valence-corrected chi connectivity index (χ4v) is 2.96. The fourth-order valence-electron chi connectivity index (χ4n) is 2.84. The van der Waals surface area contributed by atoms with E-state index < -0.39 is 0 Å². The van der Waals surface area contributed by atoms with Crippen LogP contribution in [-0.2, 0) is 9.59 Å². The van der Waals surface area contributed by atoms with E-state index >= 15 is 0 Å². The van der Waals surface area contributed by atoms with E-state index in [1.54, 1.807) is 36.1 Å². The van der Waals surface area contributed by atoms with Gasteiger partial charge in [0, 0.05) is 30.2 Å². The van der Waals surface area contributed by atoms with Crippen LogP contribution in [0.3, 0.4) is 0 Å². The molecule has 3 unspecified atom stereocenters. The number of nitrogens with one attached hydrogen (secondary N) is 1. The number of halogens is 1. The third-order valence-electron chi connectivity index (χ3n) is 4.00. The van der Waals surface area contributed by atoms with Crippen LogP contribution in [0.5, 0.6) is 0 Å². The Kier molecular flexibility index (Phi) is 6.02. The summed E-state index contributed by atoms with van der Waals surface area (Å²) in [5.74, 6) is -0.294. The minimum Gasteiger partial charge on any atom is -0.393 e. The van der Waals surface area contributed by atoms with Crippen LogP contribution >= 0.6 is 11.6 Å². The Bertz CT molecular complexity index is 559. The summed E-state index contributed by atoms with van der Waals surface area (Å²) in [4.78, 5) is 26.0. The number of aliphatic hydroxyl groups is 1. The van der Waals surface area contributed by atoms with Crippen molar-refractivity contribution >= 4 is 29.1 Å². The molecule has 23 heavy (non-hydrogen) atoms. The molecule has 126 valence electrons. The van der Waals surface area contributed by atoms with Gasteiger partial charge in [0.05, 0.1) is 12.0 Å². The lowest BCUT2D eigenvalue weighted by atomic mass is 10.0. The number of aliphatic hydroxyl groups excluding tert-OH is 1. The Labute approximate surface area is 141 Å². The first-order valence-corrected chi connectivity index (χ1v) is 8.26. The van der Waals surface area contributed by atoms with Gasteiger partial charge in [-0.05, 0) is 43.5 Å². The van der Waals surface area contributed by atoms with Crippen molar-refractivity contribution in [2.75, 3.05) is 18.0 Å². The molecule has 0 aliphatic carbocycles. The standard InChI is InChI=1S/C17H23ClN2O3/c1-11(7-12(2)21)9-19-17(23)13-8-16(22)20(10-13)15-5-3-14(18)4-6-15/h3-6,11-13,21H,7-10H2,1-2H3,(H,19,23). The van der Waals surface area contributed by atoms with Gasteiger partial charge < -0.3 is 15.3 Å². The summed E-state index contributed by atoms with van der Waals surface area (Å²) in [6.45, 7) is 4.61. The molecule has 3 atom stereocenters.